The third-order valence-corrected chi connectivity index (χ3v) is 2.33. The van der Waals surface area contributed by atoms with Crippen LogP contribution in [0.15, 0.2) is 29.3 Å². The molecule has 0 amide bonds. The van der Waals surface area contributed by atoms with E-state index in [2.05, 4.69) is 22.4 Å². The van der Waals surface area contributed by atoms with Gasteiger partial charge >= 0.3 is 0 Å². The summed E-state index contributed by atoms with van der Waals surface area (Å²) in [5.74, 6) is 0. The van der Waals surface area contributed by atoms with Crippen molar-refractivity contribution in [3.05, 3.63) is 29.8 Å². The van der Waals surface area contributed by atoms with E-state index in [4.69, 9.17) is 5.73 Å². The summed E-state index contributed by atoms with van der Waals surface area (Å²) in [7, 11) is 0. The second-order valence-corrected chi connectivity index (χ2v) is 3.57. The lowest BCUT2D eigenvalue weighted by atomic mass is 10.0. The SMILES string of the molecule is NCCC(O)C(O)c1ccc(N=C=S)cc1. The maximum absolute atomic E-state index is 9.77. The molecule has 0 saturated carbocycles. The predicted octanol–water partition coefficient (Wildman–Crippen LogP) is 1.16. The molecule has 86 valence electrons. The lowest BCUT2D eigenvalue weighted by Gasteiger charge is -2.17. The molecule has 2 atom stereocenters. The molecule has 5 heteroatoms. The van der Waals surface area contributed by atoms with Crippen molar-refractivity contribution < 1.29 is 10.2 Å². The molecule has 1 rings (SSSR count). The summed E-state index contributed by atoms with van der Waals surface area (Å²) in [4.78, 5) is 3.79. The van der Waals surface area contributed by atoms with Gasteiger partial charge in [-0.3, -0.25) is 0 Å². The number of aliphatic hydroxyl groups is 2. The first-order valence-corrected chi connectivity index (χ1v) is 5.34. The zero-order valence-corrected chi connectivity index (χ0v) is 9.52. The fourth-order valence-electron chi connectivity index (χ4n) is 1.35. The molecule has 0 spiro atoms. The van der Waals surface area contributed by atoms with Crippen molar-refractivity contribution in [1.82, 2.24) is 0 Å². The average Bonchev–Trinajstić information content (AvgIpc) is 2.30. The van der Waals surface area contributed by atoms with Gasteiger partial charge in [0.1, 0.15) is 6.10 Å². The van der Waals surface area contributed by atoms with Crippen LogP contribution in [0.5, 0.6) is 0 Å². The molecule has 0 aromatic heterocycles. The molecule has 0 heterocycles. The van der Waals surface area contributed by atoms with E-state index < -0.39 is 12.2 Å². The predicted molar refractivity (Wildman–Crippen MR) is 65.8 cm³/mol. The van der Waals surface area contributed by atoms with Gasteiger partial charge in [0.2, 0.25) is 0 Å². The average molecular weight is 238 g/mol. The van der Waals surface area contributed by atoms with E-state index in [-0.39, 0.29) is 0 Å². The molecule has 4 nitrogen and oxygen atoms in total. The van der Waals surface area contributed by atoms with Crippen LogP contribution in [0, 0.1) is 0 Å². The molecule has 0 aliphatic carbocycles. The Morgan fingerprint density at radius 2 is 1.94 bits per heavy atom. The molecule has 1 aromatic rings. The molecular formula is C11H14N2O2S. The molecule has 4 N–H and O–H groups in total. The topological polar surface area (TPSA) is 78.8 Å². The van der Waals surface area contributed by atoms with E-state index in [1.807, 2.05) is 0 Å². The maximum atomic E-state index is 9.77. The van der Waals surface area contributed by atoms with E-state index >= 15 is 0 Å². The van der Waals surface area contributed by atoms with Gasteiger partial charge < -0.3 is 15.9 Å². The van der Waals surface area contributed by atoms with E-state index in [0.717, 1.165) is 0 Å². The first-order chi connectivity index (χ1) is 7.69. The Balaban J connectivity index is 2.76. The van der Waals surface area contributed by atoms with Gasteiger partial charge in [-0.1, -0.05) is 12.1 Å². The summed E-state index contributed by atoms with van der Waals surface area (Å²) < 4.78 is 0. The second kappa shape index (κ2) is 6.48. The van der Waals surface area contributed by atoms with Gasteiger partial charge in [0, 0.05) is 0 Å². The van der Waals surface area contributed by atoms with E-state index in [1.165, 1.54) is 0 Å². The number of nitrogens with zero attached hydrogens (tertiary/aromatic N) is 1. The maximum Gasteiger partial charge on any atom is 0.105 e. The number of thiocarbonyl (C=S) groups is 1. The normalized spacial score (nSPS) is 13.9. The van der Waals surface area contributed by atoms with Crippen LogP contribution in [0.25, 0.3) is 0 Å². The van der Waals surface area contributed by atoms with Gasteiger partial charge in [0.05, 0.1) is 17.0 Å². The minimum Gasteiger partial charge on any atom is -0.390 e. The molecule has 0 radical (unpaired) electrons. The Morgan fingerprint density at radius 3 is 2.44 bits per heavy atom. The second-order valence-electron chi connectivity index (χ2n) is 3.38. The van der Waals surface area contributed by atoms with Crippen LogP contribution in [0.3, 0.4) is 0 Å². The Hall–Kier alpha value is -1.10. The molecular weight excluding hydrogens is 224 g/mol. The van der Waals surface area contributed by atoms with Gasteiger partial charge in [-0.15, -0.1) is 0 Å². The fraction of sp³-hybridized carbons (Fsp3) is 0.364. The largest absolute Gasteiger partial charge is 0.390 e. The summed E-state index contributed by atoms with van der Waals surface area (Å²) in [6.07, 6.45) is -1.40. The first-order valence-electron chi connectivity index (χ1n) is 4.93. The minimum absolute atomic E-state index is 0.339. The zero-order valence-electron chi connectivity index (χ0n) is 8.71. The third kappa shape index (κ3) is 3.48. The van der Waals surface area contributed by atoms with Crippen molar-refractivity contribution in [3.63, 3.8) is 0 Å². The number of hydrogen-bond acceptors (Lipinski definition) is 5. The number of rotatable bonds is 5. The molecule has 0 bridgehead atoms. The van der Waals surface area contributed by atoms with Crippen LogP contribution >= 0.6 is 12.2 Å². The standard InChI is InChI=1S/C11H14N2O2S/c12-6-5-10(14)11(15)8-1-3-9(4-2-8)13-7-16/h1-4,10-11,14-15H,5-6,12H2. The number of aliphatic imine (C=N–C) groups is 1. The van der Waals surface area contributed by atoms with Crippen LogP contribution in [0.1, 0.15) is 18.1 Å². The van der Waals surface area contributed by atoms with Gasteiger partial charge in [-0.2, -0.15) is 4.99 Å². The van der Waals surface area contributed by atoms with Crippen LogP contribution < -0.4 is 5.73 Å². The summed E-state index contributed by atoms with van der Waals surface area (Å²) in [5.41, 5.74) is 6.60. The molecule has 0 saturated heterocycles. The molecule has 16 heavy (non-hydrogen) atoms. The van der Waals surface area contributed by atoms with Crippen molar-refractivity contribution in [1.29, 1.82) is 0 Å². The highest BCUT2D eigenvalue weighted by Crippen LogP contribution is 2.21. The number of benzene rings is 1. The lowest BCUT2D eigenvalue weighted by Crippen LogP contribution is -2.21. The molecule has 2 unspecified atom stereocenters. The van der Waals surface area contributed by atoms with Crippen LogP contribution in [-0.2, 0) is 0 Å². The van der Waals surface area contributed by atoms with Crippen molar-refractivity contribution in [3.8, 4) is 0 Å². The van der Waals surface area contributed by atoms with Gasteiger partial charge in [0.25, 0.3) is 0 Å². The highest BCUT2D eigenvalue weighted by atomic mass is 32.1. The lowest BCUT2D eigenvalue weighted by molar-refractivity contribution is 0.0150. The Kier molecular flexibility index (Phi) is 5.25. The van der Waals surface area contributed by atoms with Gasteiger partial charge in [0.15, 0.2) is 0 Å². The summed E-state index contributed by atoms with van der Waals surface area (Å²) in [6, 6.07) is 6.78. The highest BCUT2D eigenvalue weighted by Gasteiger charge is 2.16. The molecule has 0 aliphatic heterocycles. The summed E-state index contributed by atoms with van der Waals surface area (Å²) >= 11 is 4.47. The Labute approximate surface area is 99.4 Å². The zero-order chi connectivity index (χ0) is 12.0. The molecule has 0 fully saturated rings. The Morgan fingerprint density at radius 1 is 1.31 bits per heavy atom. The molecule has 1 aromatic carbocycles. The monoisotopic (exact) mass is 238 g/mol. The first kappa shape index (κ1) is 13.0. The third-order valence-electron chi connectivity index (χ3n) is 2.24. The molecule has 0 aliphatic rings. The van der Waals surface area contributed by atoms with Crippen LogP contribution in [-0.4, -0.2) is 28.0 Å². The number of aliphatic hydroxyl groups excluding tert-OH is 2. The van der Waals surface area contributed by atoms with E-state index in [0.29, 0.717) is 24.2 Å². The smallest absolute Gasteiger partial charge is 0.105 e. The van der Waals surface area contributed by atoms with Gasteiger partial charge in [-0.05, 0) is 42.9 Å². The van der Waals surface area contributed by atoms with Crippen molar-refractivity contribution in [2.45, 2.75) is 18.6 Å². The van der Waals surface area contributed by atoms with Crippen molar-refractivity contribution >= 4 is 23.1 Å². The number of isothiocyanates is 1. The fourth-order valence-corrected chi connectivity index (χ4v) is 1.45. The minimum atomic E-state index is -0.922. The van der Waals surface area contributed by atoms with Crippen LogP contribution in [0.4, 0.5) is 5.69 Å². The van der Waals surface area contributed by atoms with E-state index in [1.54, 1.807) is 24.3 Å². The number of hydrogen-bond donors (Lipinski definition) is 3. The van der Waals surface area contributed by atoms with Gasteiger partial charge in [-0.25, -0.2) is 0 Å². The Bertz CT molecular complexity index is 374. The summed E-state index contributed by atoms with van der Waals surface area (Å²) in [6.45, 7) is 0.339. The number of nitrogens with two attached hydrogens (primary N) is 1. The van der Waals surface area contributed by atoms with Crippen LogP contribution in [0.2, 0.25) is 0 Å². The summed E-state index contributed by atoms with van der Waals surface area (Å²) in [5, 5.41) is 21.6. The van der Waals surface area contributed by atoms with Crippen molar-refractivity contribution in [2.24, 2.45) is 10.7 Å². The van der Waals surface area contributed by atoms with Crippen molar-refractivity contribution in [2.75, 3.05) is 6.54 Å². The quantitative estimate of drug-likeness (QED) is 0.531. The van der Waals surface area contributed by atoms with E-state index in [9.17, 15) is 10.2 Å². The highest BCUT2D eigenvalue weighted by molar-refractivity contribution is 7.78.